The van der Waals surface area contributed by atoms with Crippen LogP contribution in [0.4, 0.5) is 5.13 Å². The number of aromatic nitrogens is 1. The summed E-state index contributed by atoms with van der Waals surface area (Å²) in [5.41, 5.74) is 3.26. The molecule has 2 aromatic rings. The Bertz CT molecular complexity index is 783. The van der Waals surface area contributed by atoms with E-state index in [9.17, 15) is 13.2 Å². The summed E-state index contributed by atoms with van der Waals surface area (Å²) in [6, 6.07) is 8.14. The number of benzene rings is 1. The highest BCUT2D eigenvalue weighted by atomic mass is 32.2. The second-order valence-electron chi connectivity index (χ2n) is 5.56. The minimum absolute atomic E-state index is 0.114. The smallest absolute Gasteiger partial charge is 0.223 e. The third kappa shape index (κ3) is 6.77. The van der Waals surface area contributed by atoms with Crippen LogP contribution in [0.1, 0.15) is 23.7 Å². The van der Waals surface area contributed by atoms with Crippen molar-refractivity contribution in [3.05, 3.63) is 46.5 Å². The van der Waals surface area contributed by atoms with Crippen LogP contribution in [0, 0.1) is 0 Å². The van der Waals surface area contributed by atoms with Gasteiger partial charge in [0.1, 0.15) is 0 Å². The van der Waals surface area contributed by atoms with Crippen LogP contribution in [-0.4, -0.2) is 32.1 Å². The van der Waals surface area contributed by atoms with Gasteiger partial charge in [-0.3, -0.25) is 4.79 Å². The number of thiazole rings is 1. The Morgan fingerprint density at radius 3 is 2.33 bits per heavy atom. The largest absolute Gasteiger partial charge is 0.302 e. The fraction of sp³-hybridized carbons (Fsp3) is 0.375. The van der Waals surface area contributed by atoms with E-state index >= 15 is 0 Å². The van der Waals surface area contributed by atoms with Gasteiger partial charge in [-0.25, -0.2) is 18.1 Å². The molecule has 1 aromatic carbocycles. The molecule has 1 amide bonds. The third-order valence-electron chi connectivity index (χ3n) is 3.31. The molecule has 2 rings (SSSR count). The van der Waals surface area contributed by atoms with Gasteiger partial charge in [0.05, 0.1) is 11.9 Å². The highest BCUT2D eigenvalue weighted by Crippen LogP contribution is 2.17. The Kier molecular flexibility index (Phi) is 6.47. The number of nitrogens with one attached hydrogen (secondary N) is 2. The maximum absolute atomic E-state index is 11.0. The van der Waals surface area contributed by atoms with Gasteiger partial charge in [-0.05, 0) is 30.4 Å². The second-order valence-corrected chi connectivity index (χ2v) is 8.25. The topological polar surface area (TPSA) is 88.2 Å². The van der Waals surface area contributed by atoms with Crippen molar-refractivity contribution in [3.8, 4) is 0 Å². The summed E-state index contributed by atoms with van der Waals surface area (Å²) in [6.07, 6.45) is 3.50. The number of anilines is 1. The molecule has 24 heavy (non-hydrogen) atoms. The first-order valence-corrected chi connectivity index (χ1v) is 10.3. The molecule has 0 unspecified atom stereocenters. The van der Waals surface area contributed by atoms with E-state index in [0.717, 1.165) is 30.4 Å². The zero-order valence-electron chi connectivity index (χ0n) is 13.7. The van der Waals surface area contributed by atoms with Crippen molar-refractivity contribution >= 4 is 32.4 Å². The summed E-state index contributed by atoms with van der Waals surface area (Å²) in [4.78, 5) is 15.3. The van der Waals surface area contributed by atoms with Gasteiger partial charge < -0.3 is 5.32 Å². The van der Waals surface area contributed by atoms with Crippen LogP contribution in [0.2, 0.25) is 0 Å². The maximum Gasteiger partial charge on any atom is 0.223 e. The molecule has 0 fully saturated rings. The van der Waals surface area contributed by atoms with Gasteiger partial charge in [0.15, 0.2) is 5.13 Å². The number of nitrogens with zero attached hydrogens (tertiary/aromatic N) is 1. The standard InChI is InChI=1S/C16H21N3O3S2/c1-12(20)18-16-19-15(11-23-16)8-7-13-3-5-14(6-4-13)9-10-17-24(2,21)22/h3-6,11,17H,7-10H2,1-2H3,(H,18,19,20). The first kappa shape index (κ1) is 18.6. The lowest BCUT2D eigenvalue weighted by molar-refractivity contribution is -0.114. The molecule has 0 radical (unpaired) electrons. The predicted molar refractivity (Wildman–Crippen MR) is 96.8 cm³/mol. The Hall–Kier alpha value is -1.77. The van der Waals surface area contributed by atoms with Crippen molar-refractivity contribution in [2.24, 2.45) is 0 Å². The quantitative estimate of drug-likeness (QED) is 0.747. The van der Waals surface area contributed by atoms with Crippen LogP contribution in [0.3, 0.4) is 0 Å². The monoisotopic (exact) mass is 367 g/mol. The lowest BCUT2D eigenvalue weighted by atomic mass is 10.1. The molecule has 0 aliphatic carbocycles. The van der Waals surface area contributed by atoms with Crippen molar-refractivity contribution in [3.63, 3.8) is 0 Å². The van der Waals surface area contributed by atoms with E-state index in [1.807, 2.05) is 17.5 Å². The highest BCUT2D eigenvalue weighted by molar-refractivity contribution is 7.88. The predicted octanol–water partition coefficient (Wildman–Crippen LogP) is 1.98. The van der Waals surface area contributed by atoms with Gasteiger partial charge in [-0.1, -0.05) is 24.3 Å². The first-order valence-electron chi connectivity index (χ1n) is 7.56. The molecule has 0 aliphatic heterocycles. The number of carbonyl (C=O) groups is 1. The minimum atomic E-state index is -3.13. The zero-order valence-corrected chi connectivity index (χ0v) is 15.3. The molecule has 0 saturated heterocycles. The number of hydrogen-bond donors (Lipinski definition) is 2. The molecule has 1 heterocycles. The molecule has 6 nitrogen and oxygen atoms in total. The van der Waals surface area contributed by atoms with E-state index in [1.54, 1.807) is 0 Å². The van der Waals surface area contributed by atoms with Crippen LogP contribution in [0.25, 0.3) is 0 Å². The Labute approximate surface area is 146 Å². The number of hydrogen-bond acceptors (Lipinski definition) is 5. The van der Waals surface area contributed by atoms with E-state index in [1.165, 1.54) is 23.8 Å². The summed E-state index contributed by atoms with van der Waals surface area (Å²) in [5.74, 6) is -0.114. The van der Waals surface area contributed by atoms with Crippen molar-refractivity contribution in [2.45, 2.75) is 26.2 Å². The van der Waals surface area contributed by atoms with E-state index in [4.69, 9.17) is 0 Å². The van der Waals surface area contributed by atoms with Crippen LogP contribution in [-0.2, 0) is 34.1 Å². The third-order valence-corrected chi connectivity index (χ3v) is 4.84. The molecule has 0 spiro atoms. The van der Waals surface area contributed by atoms with Gasteiger partial charge in [0.2, 0.25) is 15.9 Å². The summed E-state index contributed by atoms with van der Waals surface area (Å²) in [5, 5.41) is 5.27. The van der Waals surface area contributed by atoms with E-state index in [-0.39, 0.29) is 5.91 Å². The van der Waals surface area contributed by atoms with Crippen LogP contribution in [0.5, 0.6) is 0 Å². The summed E-state index contributed by atoms with van der Waals surface area (Å²) in [6.45, 7) is 1.87. The number of carbonyl (C=O) groups excluding carboxylic acids is 1. The lowest BCUT2D eigenvalue weighted by Gasteiger charge is -2.05. The Balaban J connectivity index is 1.81. The molecular formula is C16H21N3O3S2. The minimum Gasteiger partial charge on any atom is -0.302 e. The van der Waals surface area contributed by atoms with Gasteiger partial charge in [0, 0.05) is 18.8 Å². The average molecular weight is 367 g/mol. The van der Waals surface area contributed by atoms with E-state index in [0.29, 0.717) is 18.1 Å². The second kappa shape index (κ2) is 8.36. The number of sulfonamides is 1. The molecule has 0 bridgehead atoms. The number of amides is 1. The Morgan fingerprint density at radius 1 is 1.12 bits per heavy atom. The maximum atomic E-state index is 11.0. The van der Waals surface area contributed by atoms with Gasteiger partial charge in [-0.2, -0.15) is 0 Å². The number of rotatable bonds is 8. The fourth-order valence-corrected chi connectivity index (χ4v) is 3.42. The van der Waals surface area contributed by atoms with E-state index in [2.05, 4.69) is 27.2 Å². The molecular weight excluding hydrogens is 346 g/mol. The Morgan fingerprint density at radius 2 is 1.75 bits per heavy atom. The van der Waals surface area contributed by atoms with Crippen molar-refractivity contribution in [1.29, 1.82) is 0 Å². The summed E-state index contributed by atoms with van der Waals surface area (Å²) in [7, 11) is -3.13. The molecule has 1 aromatic heterocycles. The lowest BCUT2D eigenvalue weighted by Crippen LogP contribution is -2.24. The summed E-state index contributed by atoms with van der Waals surface area (Å²) >= 11 is 1.43. The molecule has 8 heteroatoms. The average Bonchev–Trinajstić information content (AvgIpc) is 2.92. The fourth-order valence-electron chi connectivity index (χ4n) is 2.16. The highest BCUT2D eigenvalue weighted by Gasteiger charge is 2.04. The van der Waals surface area contributed by atoms with Crippen molar-refractivity contribution in [1.82, 2.24) is 9.71 Å². The first-order chi connectivity index (χ1) is 11.3. The van der Waals surface area contributed by atoms with Gasteiger partial charge in [0.25, 0.3) is 0 Å². The molecule has 0 aliphatic rings. The van der Waals surface area contributed by atoms with Crippen LogP contribution in [0.15, 0.2) is 29.6 Å². The molecule has 0 atom stereocenters. The van der Waals surface area contributed by atoms with E-state index < -0.39 is 10.0 Å². The van der Waals surface area contributed by atoms with Gasteiger partial charge >= 0.3 is 0 Å². The van der Waals surface area contributed by atoms with Crippen molar-refractivity contribution < 1.29 is 13.2 Å². The van der Waals surface area contributed by atoms with Crippen LogP contribution < -0.4 is 10.0 Å². The molecule has 2 N–H and O–H groups in total. The summed E-state index contributed by atoms with van der Waals surface area (Å²) < 4.78 is 24.5. The van der Waals surface area contributed by atoms with Crippen molar-refractivity contribution in [2.75, 3.05) is 18.1 Å². The zero-order chi connectivity index (χ0) is 17.6. The van der Waals surface area contributed by atoms with Gasteiger partial charge in [-0.15, -0.1) is 11.3 Å². The molecule has 0 saturated carbocycles. The molecule has 130 valence electrons. The SMILES string of the molecule is CC(=O)Nc1nc(CCc2ccc(CCNS(C)(=O)=O)cc2)cs1. The van der Waals surface area contributed by atoms with Crippen LogP contribution >= 0.6 is 11.3 Å². The normalized spacial score (nSPS) is 11.4. The number of aryl methyl sites for hydroxylation is 2.